The van der Waals surface area contributed by atoms with Gasteiger partial charge in [0, 0.05) is 33.2 Å². The number of aromatic nitrogens is 2. The number of aryl methyl sites for hydroxylation is 2. The molecule has 96 valence electrons. The minimum absolute atomic E-state index is 0.422. The summed E-state index contributed by atoms with van der Waals surface area (Å²) < 4.78 is 8.08. The van der Waals surface area contributed by atoms with Crippen molar-refractivity contribution >= 4 is 15.9 Å². The van der Waals surface area contributed by atoms with Crippen LogP contribution in [0.1, 0.15) is 17.8 Å². The topological polar surface area (TPSA) is 59.3 Å². The van der Waals surface area contributed by atoms with Crippen molar-refractivity contribution < 1.29 is 9.84 Å². The molecular formula is C11H18BrN3O2. The van der Waals surface area contributed by atoms with Crippen LogP contribution < -0.4 is 5.32 Å². The standard InChI is InChI=1S/C11H18BrN3O2/c1-8-10(12)9(15(2)14-8)5-13-6-11(16)3-4-17-7-11/h13,16H,3-7H2,1-2H3. The van der Waals surface area contributed by atoms with Crippen molar-refractivity contribution in [3.63, 3.8) is 0 Å². The highest BCUT2D eigenvalue weighted by Crippen LogP contribution is 2.21. The molecule has 0 saturated carbocycles. The monoisotopic (exact) mass is 303 g/mol. The first-order chi connectivity index (χ1) is 8.02. The zero-order chi connectivity index (χ0) is 12.5. The van der Waals surface area contributed by atoms with Crippen LogP contribution >= 0.6 is 15.9 Å². The molecule has 6 heteroatoms. The van der Waals surface area contributed by atoms with Gasteiger partial charge in [-0.15, -0.1) is 0 Å². The number of ether oxygens (including phenoxy) is 1. The summed E-state index contributed by atoms with van der Waals surface area (Å²) in [5, 5.41) is 17.7. The van der Waals surface area contributed by atoms with E-state index in [9.17, 15) is 5.11 Å². The molecular weight excluding hydrogens is 286 g/mol. The molecule has 2 heterocycles. The molecule has 1 unspecified atom stereocenters. The van der Waals surface area contributed by atoms with Gasteiger partial charge in [0.05, 0.1) is 22.5 Å². The van der Waals surface area contributed by atoms with Crippen LogP contribution in [0, 0.1) is 6.92 Å². The third-order valence-corrected chi connectivity index (χ3v) is 4.12. The Bertz CT molecular complexity index is 400. The van der Waals surface area contributed by atoms with Crippen LogP contribution in [0.15, 0.2) is 4.47 Å². The highest BCUT2D eigenvalue weighted by Gasteiger charge is 2.31. The van der Waals surface area contributed by atoms with Gasteiger partial charge in [0.15, 0.2) is 0 Å². The van der Waals surface area contributed by atoms with E-state index in [0.717, 1.165) is 15.9 Å². The molecule has 1 fully saturated rings. The summed E-state index contributed by atoms with van der Waals surface area (Å²) in [6.07, 6.45) is 0.700. The van der Waals surface area contributed by atoms with Crippen LogP contribution in [0.4, 0.5) is 0 Å². The summed E-state index contributed by atoms with van der Waals surface area (Å²) in [4.78, 5) is 0. The lowest BCUT2D eigenvalue weighted by Gasteiger charge is -2.20. The van der Waals surface area contributed by atoms with Gasteiger partial charge < -0.3 is 15.2 Å². The summed E-state index contributed by atoms with van der Waals surface area (Å²) in [6, 6.07) is 0. The van der Waals surface area contributed by atoms with Gasteiger partial charge in [0.1, 0.15) is 5.60 Å². The van der Waals surface area contributed by atoms with Gasteiger partial charge in [-0.3, -0.25) is 4.68 Å². The van der Waals surface area contributed by atoms with Crippen molar-refractivity contribution in [2.45, 2.75) is 25.5 Å². The van der Waals surface area contributed by atoms with Crippen molar-refractivity contribution in [2.75, 3.05) is 19.8 Å². The maximum Gasteiger partial charge on any atom is 0.103 e. The molecule has 0 spiro atoms. The second-order valence-electron chi connectivity index (χ2n) is 4.60. The van der Waals surface area contributed by atoms with E-state index >= 15 is 0 Å². The molecule has 0 aromatic carbocycles. The lowest BCUT2D eigenvalue weighted by atomic mass is 10.0. The molecule has 1 aromatic heterocycles. The minimum Gasteiger partial charge on any atom is -0.386 e. The van der Waals surface area contributed by atoms with Crippen molar-refractivity contribution in [1.82, 2.24) is 15.1 Å². The third-order valence-electron chi connectivity index (χ3n) is 3.09. The van der Waals surface area contributed by atoms with E-state index in [0.29, 0.717) is 32.7 Å². The second-order valence-corrected chi connectivity index (χ2v) is 5.39. The fourth-order valence-corrected chi connectivity index (χ4v) is 2.50. The first-order valence-corrected chi connectivity index (χ1v) is 6.50. The summed E-state index contributed by atoms with van der Waals surface area (Å²) in [6.45, 7) is 4.26. The summed E-state index contributed by atoms with van der Waals surface area (Å²) in [5.41, 5.74) is 1.36. The SMILES string of the molecule is Cc1nn(C)c(CNCC2(O)CCOC2)c1Br. The third kappa shape index (κ3) is 2.88. The van der Waals surface area contributed by atoms with E-state index in [4.69, 9.17) is 4.74 Å². The van der Waals surface area contributed by atoms with E-state index in [2.05, 4.69) is 26.3 Å². The van der Waals surface area contributed by atoms with Crippen molar-refractivity contribution in [1.29, 1.82) is 0 Å². The van der Waals surface area contributed by atoms with Crippen molar-refractivity contribution in [3.05, 3.63) is 15.9 Å². The lowest BCUT2D eigenvalue weighted by molar-refractivity contribution is 0.0267. The Morgan fingerprint density at radius 3 is 2.94 bits per heavy atom. The predicted molar refractivity (Wildman–Crippen MR) is 67.7 cm³/mol. The normalized spacial score (nSPS) is 24.5. The van der Waals surface area contributed by atoms with E-state index in [1.807, 2.05) is 18.7 Å². The maximum absolute atomic E-state index is 10.1. The molecule has 5 nitrogen and oxygen atoms in total. The van der Waals surface area contributed by atoms with Crippen LogP contribution in [0.5, 0.6) is 0 Å². The smallest absolute Gasteiger partial charge is 0.103 e. The largest absolute Gasteiger partial charge is 0.386 e. The minimum atomic E-state index is -0.708. The number of nitrogens with one attached hydrogen (secondary N) is 1. The van der Waals surface area contributed by atoms with Crippen LogP contribution in [0.25, 0.3) is 0 Å². The van der Waals surface area contributed by atoms with Gasteiger partial charge in [-0.25, -0.2) is 0 Å². The Labute approximate surface area is 109 Å². The number of hydrogen-bond donors (Lipinski definition) is 2. The molecule has 2 N–H and O–H groups in total. The molecule has 1 atom stereocenters. The fraction of sp³-hybridized carbons (Fsp3) is 0.727. The van der Waals surface area contributed by atoms with Gasteiger partial charge in [-0.05, 0) is 22.9 Å². The first kappa shape index (κ1) is 13.0. The molecule has 0 radical (unpaired) electrons. The fourth-order valence-electron chi connectivity index (χ4n) is 2.02. The van der Waals surface area contributed by atoms with Crippen molar-refractivity contribution in [3.8, 4) is 0 Å². The van der Waals surface area contributed by atoms with E-state index in [1.54, 1.807) is 0 Å². The van der Waals surface area contributed by atoms with Crippen LogP contribution in [0.3, 0.4) is 0 Å². The maximum atomic E-state index is 10.1. The van der Waals surface area contributed by atoms with Crippen LogP contribution in [-0.2, 0) is 18.3 Å². The molecule has 2 rings (SSSR count). The molecule has 1 aliphatic rings. The Hall–Kier alpha value is -0.430. The van der Waals surface area contributed by atoms with Gasteiger partial charge in [0.2, 0.25) is 0 Å². The van der Waals surface area contributed by atoms with Gasteiger partial charge in [-0.2, -0.15) is 5.10 Å². The van der Waals surface area contributed by atoms with E-state index in [-0.39, 0.29) is 0 Å². The summed E-state index contributed by atoms with van der Waals surface area (Å²) in [7, 11) is 1.92. The molecule has 0 aliphatic carbocycles. The van der Waals surface area contributed by atoms with Gasteiger partial charge in [-0.1, -0.05) is 0 Å². The Balaban J connectivity index is 1.89. The van der Waals surface area contributed by atoms with E-state index < -0.39 is 5.60 Å². The molecule has 0 bridgehead atoms. The zero-order valence-corrected chi connectivity index (χ0v) is 11.7. The van der Waals surface area contributed by atoms with Gasteiger partial charge in [0.25, 0.3) is 0 Å². The van der Waals surface area contributed by atoms with Crippen LogP contribution in [0.2, 0.25) is 0 Å². The summed E-state index contributed by atoms with van der Waals surface area (Å²) >= 11 is 3.52. The first-order valence-electron chi connectivity index (χ1n) is 5.71. The average Bonchev–Trinajstić information content (AvgIpc) is 2.79. The van der Waals surface area contributed by atoms with Gasteiger partial charge >= 0.3 is 0 Å². The Kier molecular flexibility index (Phi) is 3.87. The predicted octanol–water partition coefficient (Wildman–Crippen LogP) is 0.732. The average molecular weight is 304 g/mol. The highest BCUT2D eigenvalue weighted by atomic mass is 79.9. The number of rotatable bonds is 4. The molecule has 17 heavy (non-hydrogen) atoms. The molecule has 0 amide bonds. The number of halogens is 1. The number of hydrogen-bond acceptors (Lipinski definition) is 4. The number of nitrogens with zero attached hydrogens (tertiary/aromatic N) is 2. The zero-order valence-electron chi connectivity index (χ0n) is 10.2. The van der Waals surface area contributed by atoms with Crippen molar-refractivity contribution in [2.24, 2.45) is 7.05 Å². The Morgan fingerprint density at radius 2 is 2.41 bits per heavy atom. The molecule has 1 aromatic rings. The Morgan fingerprint density at radius 1 is 1.65 bits per heavy atom. The van der Waals surface area contributed by atoms with Crippen LogP contribution in [-0.4, -0.2) is 40.2 Å². The molecule has 1 saturated heterocycles. The van der Waals surface area contributed by atoms with E-state index in [1.165, 1.54) is 0 Å². The number of aliphatic hydroxyl groups is 1. The highest BCUT2D eigenvalue weighted by molar-refractivity contribution is 9.10. The molecule has 1 aliphatic heterocycles. The quantitative estimate of drug-likeness (QED) is 0.861. The lowest BCUT2D eigenvalue weighted by Crippen LogP contribution is -2.41. The summed E-state index contributed by atoms with van der Waals surface area (Å²) in [5.74, 6) is 0. The second kappa shape index (κ2) is 5.06.